The third-order valence-corrected chi connectivity index (χ3v) is 4.14. The Morgan fingerprint density at radius 2 is 1.84 bits per heavy atom. The first-order valence-electron chi connectivity index (χ1n) is 8.51. The maximum Gasteiger partial charge on any atom is 0.262 e. The summed E-state index contributed by atoms with van der Waals surface area (Å²) in [4.78, 5) is 17.1. The van der Waals surface area contributed by atoms with Crippen LogP contribution in [-0.4, -0.2) is 15.3 Å². The highest BCUT2D eigenvalue weighted by atomic mass is 16.1. The van der Waals surface area contributed by atoms with Gasteiger partial charge in [0.15, 0.2) is 0 Å². The van der Waals surface area contributed by atoms with E-state index in [0.29, 0.717) is 23.4 Å². The van der Waals surface area contributed by atoms with E-state index in [9.17, 15) is 4.79 Å². The van der Waals surface area contributed by atoms with Crippen LogP contribution in [0.5, 0.6) is 0 Å². The molecule has 5 nitrogen and oxygen atoms in total. The molecule has 0 saturated carbocycles. The van der Waals surface area contributed by atoms with E-state index in [1.807, 2.05) is 50.2 Å². The van der Waals surface area contributed by atoms with Crippen LogP contribution in [0.2, 0.25) is 0 Å². The highest BCUT2D eigenvalue weighted by Crippen LogP contribution is 2.11. The zero-order valence-corrected chi connectivity index (χ0v) is 14.6. The van der Waals surface area contributed by atoms with Gasteiger partial charge in [0.25, 0.3) is 5.56 Å². The second kappa shape index (κ2) is 7.75. The third kappa shape index (κ3) is 3.94. The average molecular weight is 334 g/mol. The quantitative estimate of drug-likeness (QED) is 0.550. The minimum Gasteiger partial charge on any atom is -0.277 e. The number of fused-ring (bicyclic) bond motifs is 1. The second-order valence-corrected chi connectivity index (χ2v) is 5.95. The van der Waals surface area contributed by atoms with Gasteiger partial charge in [-0.25, -0.2) is 10.4 Å². The van der Waals surface area contributed by atoms with Crippen molar-refractivity contribution < 1.29 is 0 Å². The van der Waals surface area contributed by atoms with Gasteiger partial charge in [-0.1, -0.05) is 42.5 Å². The summed E-state index contributed by atoms with van der Waals surface area (Å²) in [6.07, 6.45) is 1.78. The van der Waals surface area contributed by atoms with E-state index in [-0.39, 0.29) is 5.56 Å². The molecule has 1 heterocycles. The normalized spacial score (nSPS) is 11.7. The number of para-hydroxylation sites is 1. The number of nitrogens with one attached hydrogen (secondary N) is 1. The predicted molar refractivity (Wildman–Crippen MR) is 103 cm³/mol. The number of aryl methyl sites for hydroxylation is 1. The molecule has 0 fully saturated rings. The Bertz CT molecular complexity index is 945. The van der Waals surface area contributed by atoms with Gasteiger partial charge in [-0.05, 0) is 44.4 Å². The zero-order chi connectivity index (χ0) is 17.6. The van der Waals surface area contributed by atoms with Crippen LogP contribution in [0.15, 0.2) is 64.5 Å². The predicted octanol–water partition coefficient (Wildman–Crippen LogP) is 3.84. The summed E-state index contributed by atoms with van der Waals surface area (Å²) in [5.41, 5.74) is 5.85. The van der Waals surface area contributed by atoms with E-state index in [1.165, 1.54) is 5.56 Å². The zero-order valence-electron chi connectivity index (χ0n) is 14.6. The van der Waals surface area contributed by atoms with Crippen LogP contribution in [-0.2, 0) is 13.0 Å². The van der Waals surface area contributed by atoms with Crippen molar-refractivity contribution in [2.45, 2.75) is 33.2 Å². The molecule has 0 unspecified atom stereocenters. The molecule has 0 saturated heterocycles. The fourth-order valence-corrected chi connectivity index (χ4v) is 2.72. The van der Waals surface area contributed by atoms with Crippen LogP contribution >= 0.6 is 0 Å². The van der Waals surface area contributed by atoms with Gasteiger partial charge in [0.2, 0.25) is 5.95 Å². The first-order valence-corrected chi connectivity index (χ1v) is 8.51. The van der Waals surface area contributed by atoms with Crippen molar-refractivity contribution >= 4 is 22.6 Å². The van der Waals surface area contributed by atoms with E-state index in [2.05, 4.69) is 27.6 Å². The Hall–Kier alpha value is -2.95. The van der Waals surface area contributed by atoms with Crippen LogP contribution in [0, 0.1) is 0 Å². The molecule has 0 spiro atoms. The van der Waals surface area contributed by atoms with Crippen LogP contribution in [0.3, 0.4) is 0 Å². The number of anilines is 1. The third-order valence-electron chi connectivity index (χ3n) is 4.14. The minimum atomic E-state index is -0.0484. The van der Waals surface area contributed by atoms with Gasteiger partial charge >= 0.3 is 0 Å². The van der Waals surface area contributed by atoms with Gasteiger partial charge < -0.3 is 0 Å². The van der Waals surface area contributed by atoms with Crippen molar-refractivity contribution in [3.63, 3.8) is 0 Å². The number of hydrazone groups is 1. The Balaban J connectivity index is 1.79. The van der Waals surface area contributed by atoms with E-state index < -0.39 is 0 Å². The number of hydrogen-bond donors (Lipinski definition) is 1. The lowest BCUT2D eigenvalue weighted by Gasteiger charge is -2.11. The molecule has 1 N–H and O–H groups in total. The summed E-state index contributed by atoms with van der Waals surface area (Å²) < 4.78 is 1.61. The largest absolute Gasteiger partial charge is 0.277 e. The first-order chi connectivity index (χ1) is 12.2. The van der Waals surface area contributed by atoms with Crippen molar-refractivity contribution in [1.82, 2.24) is 9.55 Å². The molecule has 0 amide bonds. The monoisotopic (exact) mass is 334 g/mol. The van der Waals surface area contributed by atoms with Crippen LogP contribution in [0.4, 0.5) is 5.95 Å². The molecule has 0 bridgehead atoms. The first kappa shape index (κ1) is 16.9. The number of benzene rings is 2. The van der Waals surface area contributed by atoms with E-state index >= 15 is 0 Å². The molecule has 128 valence electrons. The summed E-state index contributed by atoms with van der Waals surface area (Å²) in [6, 6.07) is 17.7. The molecule has 25 heavy (non-hydrogen) atoms. The van der Waals surface area contributed by atoms with E-state index in [1.54, 1.807) is 10.6 Å². The highest BCUT2D eigenvalue weighted by molar-refractivity contribution is 5.83. The summed E-state index contributed by atoms with van der Waals surface area (Å²) in [6.45, 7) is 4.44. The Labute approximate surface area is 147 Å². The SMILES string of the molecule is CCn1c(N/N=C(/C)CCc2ccccc2)nc2ccccc2c1=O. The lowest BCUT2D eigenvalue weighted by Crippen LogP contribution is -2.23. The van der Waals surface area contributed by atoms with E-state index in [0.717, 1.165) is 18.6 Å². The molecule has 5 heteroatoms. The maximum absolute atomic E-state index is 12.6. The van der Waals surface area contributed by atoms with Gasteiger partial charge in [0, 0.05) is 12.3 Å². The topological polar surface area (TPSA) is 59.3 Å². The molecule has 0 radical (unpaired) electrons. The van der Waals surface area contributed by atoms with Crippen LogP contribution in [0.1, 0.15) is 25.8 Å². The van der Waals surface area contributed by atoms with Crippen LogP contribution < -0.4 is 11.0 Å². The van der Waals surface area contributed by atoms with Gasteiger partial charge in [0.1, 0.15) is 0 Å². The van der Waals surface area contributed by atoms with Gasteiger partial charge in [0.05, 0.1) is 10.9 Å². The molecule has 3 rings (SSSR count). The van der Waals surface area contributed by atoms with Gasteiger partial charge in [-0.3, -0.25) is 9.36 Å². The Kier molecular flexibility index (Phi) is 5.23. The molecule has 2 aromatic carbocycles. The average Bonchev–Trinajstić information content (AvgIpc) is 2.65. The lowest BCUT2D eigenvalue weighted by atomic mass is 10.1. The maximum atomic E-state index is 12.6. The molecule has 3 aromatic rings. The lowest BCUT2D eigenvalue weighted by molar-refractivity contribution is 0.724. The number of nitrogens with zero attached hydrogens (tertiary/aromatic N) is 3. The molecule has 0 aliphatic heterocycles. The van der Waals surface area contributed by atoms with E-state index in [4.69, 9.17) is 0 Å². The Morgan fingerprint density at radius 3 is 2.60 bits per heavy atom. The standard InChI is InChI=1S/C20H22N4O/c1-3-24-19(25)17-11-7-8-12-18(17)21-20(24)23-22-15(2)13-14-16-9-5-4-6-10-16/h4-12H,3,13-14H2,1-2H3,(H,21,23)/b22-15-. The molecule has 0 aliphatic carbocycles. The number of aromatic nitrogens is 2. The molecular weight excluding hydrogens is 312 g/mol. The summed E-state index contributed by atoms with van der Waals surface area (Å²) in [5, 5.41) is 5.04. The Morgan fingerprint density at radius 1 is 1.12 bits per heavy atom. The minimum absolute atomic E-state index is 0.0484. The smallest absolute Gasteiger partial charge is 0.262 e. The fourth-order valence-electron chi connectivity index (χ4n) is 2.72. The summed E-state index contributed by atoms with van der Waals surface area (Å²) in [5.74, 6) is 0.477. The van der Waals surface area contributed by atoms with Crippen LogP contribution in [0.25, 0.3) is 10.9 Å². The molecule has 0 atom stereocenters. The fraction of sp³-hybridized carbons (Fsp3) is 0.250. The van der Waals surface area contributed by atoms with Crippen molar-refractivity contribution in [3.05, 3.63) is 70.5 Å². The van der Waals surface area contributed by atoms with Crippen molar-refractivity contribution in [2.24, 2.45) is 5.10 Å². The summed E-state index contributed by atoms with van der Waals surface area (Å²) >= 11 is 0. The van der Waals surface area contributed by atoms with Gasteiger partial charge in [-0.2, -0.15) is 5.10 Å². The molecule has 0 aliphatic rings. The van der Waals surface area contributed by atoms with Gasteiger partial charge in [-0.15, -0.1) is 0 Å². The number of rotatable bonds is 6. The van der Waals surface area contributed by atoms with Crippen molar-refractivity contribution in [2.75, 3.05) is 5.43 Å². The molecule has 1 aromatic heterocycles. The molecular formula is C20H22N4O. The van der Waals surface area contributed by atoms with Crippen molar-refractivity contribution in [3.8, 4) is 0 Å². The number of hydrogen-bond acceptors (Lipinski definition) is 4. The second-order valence-electron chi connectivity index (χ2n) is 5.95. The summed E-state index contributed by atoms with van der Waals surface area (Å²) in [7, 11) is 0. The highest BCUT2D eigenvalue weighted by Gasteiger charge is 2.08. The van der Waals surface area contributed by atoms with Crippen molar-refractivity contribution in [1.29, 1.82) is 0 Å².